The molecule has 2 aromatic heterocycles. The van der Waals surface area contributed by atoms with Crippen molar-refractivity contribution in [1.29, 1.82) is 0 Å². The highest BCUT2D eigenvalue weighted by molar-refractivity contribution is 5.95. The van der Waals surface area contributed by atoms with Crippen LogP contribution in [0.25, 0.3) is 67.5 Å². The zero-order chi connectivity index (χ0) is 49.3. The van der Waals surface area contributed by atoms with Gasteiger partial charge in [-0.25, -0.2) is 14.9 Å². The minimum absolute atomic E-state index is 0.0296. The molecule has 0 bridgehead atoms. The fourth-order valence-corrected chi connectivity index (χ4v) is 10.4. The van der Waals surface area contributed by atoms with E-state index >= 15 is 0 Å². The molecule has 9 aromatic carbocycles. The van der Waals surface area contributed by atoms with Crippen molar-refractivity contribution < 1.29 is 0 Å². The topological polar surface area (TPSA) is 80.6 Å². The van der Waals surface area contributed by atoms with E-state index in [1.165, 1.54) is 50.1 Å². The summed E-state index contributed by atoms with van der Waals surface area (Å²) in [6.45, 7) is 13.3. The van der Waals surface area contributed by atoms with Crippen molar-refractivity contribution in [3.63, 3.8) is 0 Å². The molecule has 72 heavy (non-hydrogen) atoms. The van der Waals surface area contributed by atoms with Crippen LogP contribution in [0.2, 0.25) is 0 Å². The van der Waals surface area contributed by atoms with E-state index in [4.69, 9.17) is 29.9 Å². The van der Waals surface area contributed by atoms with Gasteiger partial charge in [0.05, 0.1) is 5.69 Å². The van der Waals surface area contributed by atoms with Crippen molar-refractivity contribution in [2.75, 3.05) is 4.90 Å². The van der Waals surface area contributed by atoms with Crippen molar-refractivity contribution in [3.8, 4) is 56.7 Å². The van der Waals surface area contributed by atoms with E-state index in [2.05, 4.69) is 151 Å². The highest BCUT2D eigenvalue weighted by atomic mass is 15.4. The number of aromatic nitrogens is 6. The Morgan fingerprint density at radius 3 is 1.08 bits per heavy atom. The molecule has 11 rings (SSSR count). The second-order valence-corrected chi connectivity index (χ2v) is 18.8. The van der Waals surface area contributed by atoms with Gasteiger partial charge in [0.25, 0.3) is 0 Å². The minimum atomic E-state index is -0.0296. The van der Waals surface area contributed by atoms with Crippen LogP contribution < -0.4 is 4.90 Å². The molecule has 0 aliphatic rings. The summed E-state index contributed by atoms with van der Waals surface area (Å²) in [5, 5.41) is 2.20. The maximum Gasteiger partial charge on any atom is 0.241 e. The summed E-state index contributed by atoms with van der Waals surface area (Å²) in [6.07, 6.45) is 0. The van der Waals surface area contributed by atoms with Crippen LogP contribution in [0, 0.1) is 41.5 Å². The van der Waals surface area contributed by atoms with Gasteiger partial charge in [-0.15, -0.1) is 0 Å². The third-order valence-electron chi connectivity index (χ3n) is 13.5. The molecule has 7 heteroatoms. The van der Waals surface area contributed by atoms with Crippen LogP contribution in [-0.4, -0.2) is 29.9 Å². The molecular weight excluding hydrogens is 879 g/mol. The van der Waals surface area contributed by atoms with E-state index in [9.17, 15) is 0 Å². The smallest absolute Gasteiger partial charge is 0.241 e. The first kappa shape index (κ1) is 45.5. The number of anilines is 3. The van der Waals surface area contributed by atoms with Gasteiger partial charge < -0.3 is 0 Å². The first-order chi connectivity index (χ1) is 35.1. The number of hydrogen-bond acceptors (Lipinski definition) is 7. The van der Waals surface area contributed by atoms with Gasteiger partial charge in [0.1, 0.15) is 0 Å². The summed E-state index contributed by atoms with van der Waals surface area (Å²) in [7, 11) is 0. The number of hydrogen-bond donors (Lipinski definition) is 0. The summed E-state index contributed by atoms with van der Waals surface area (Å²) in [5.74, 6) is 2.76. The molecule has 0 spiro atoms. The molecule has 0 atom stereocenters. The zero-order valence-corrected chi connectivity index (χ0v) is 41.3. The Morgan fingerprint density at radius 1 is 0.319 bits per heavy atom. The van der Waals surface area contributed by atoms with Crippen LogP contribution in [0.4, 0.5) is 17.6 Å². The van der Waals surface area contributed by atoms with Crippen LogP contribution >= 0.6 is 0 Å². The third kappa shape index (κ3) is 9.04. The number of nitrogens with zero attached hydrogens (tertiary/aromatic N) is 7. The molecule has 11 aromatic rings. The molecule has 0 amide bonds. The summed E-state index contributed by atoms with van der Waals surface area (Å²) in [6, 6.07) is 71.5. The number of benzene rings is 9. The molecule has 0 N–H and O–H groups in total. The van der Waals surface area contributed by atoms with Gasteiger partial charge >= 0.3 is 0 Å². The monoisotopic (exact) mass is 931 g/mol. The standard InChI is InChI=1S/C65H53N7/c1-41-35-43(3)57(44(4)36-41)59(58-45(5)37-42(2)38-46(58)6)48-31-33-54(34-32-48)72(64-68-60(49-23-13-8-14-24-49)66-61(69-64)50-25-15-9-16-26-50)65-70-62(51-27-17-10-18-28-51)67-63(71-65)56-40-53-30-20-19-29-52(53)39-55(56)47-21-11-7-12-22-47/h7-40,59H,1-6H3. The van der Waals surface area contributed by atoms with Gasteiger partial charge in [-0.2, -0.15) is 19.9 Å². The maximum atomic E-state index is 5.50. The first-order valence-corrected chi connectivity index (χ1v) is 24.5. The van der Waals surface area contributed by atoms with Crippen LogP contribution in [0.3, 0.4) is 0 Å². The largest absolute Gasteiger partial charge is 0.246 e. The molecule has 0 fully saturated rings. The number of aryl methyl sites for hydroxylation is 6. The van der Waals surface area contributed by atoms with E-state index in [0.717, 1.165) is 49.8 Å². The van der Waals surface area contributed by atoms with E-state index in [0.29, 0.717) is 35.2 Å². The lowest BCUT2D eigenvalue weighted by atomic mass is 9.77. The predicted octanol–water partition coefficient (Wildman–Crippen LogP) is 16.0. The third-order valence-corrected chi connectivity index (χ3v) is 13.5. The van der Waals surface area contributed by atoms with Crippen LogP contribution in [0.15, 0.2) is 206 Å². The molecule has 7 nitrogen and oxygen atoms in total. The Labute approximate surface area is 421 Å². The average Bonchev–Trinajstić information content (AvgIpc) is 3.40. The predicted molar refractivity (Wildman–Crippen MR) is 295 cm³/mol. The highest BCUT2D eigenvalue weighted by Gasteiger charge is 2.28. The quantitative estimate of drug-likeness (QED) is 0.120. The fraction of sp³-hybridized carbons (Fsp3) is 0.108. The molecule has 0 aliphatic carbocycles. The Morgan fingerprint density at radius 2 is 0.667 bits per heavy atom. The average molecular weight is 932 g/mol. The van der Waals surface area contributed by atoms with Gasteiger partial charge in [-0.1, -0.05) is 193 Å². The molecule has 348 valence electrons. The van der Waals surface area contributed by atoms with Crippen molar-refractivity contribution in [1.82, 2.24) is 29.9 Å². The molecule has 0 aliphatic heterocycles. The lowest BCUT2D eigenvalue weighted by Crippen LogP contribution is -2.19. The molecule has 0 unspecified atom stereocenters. The van der Waals surface area contributed by atoms with Crippen LogP contribution in [-0.2, 0) is 0 Å². The number of fused-ring (bicyclic) bond motifs is 1. The van der Waals surface area contributed by atoms with Crippen LogP contribution in [0.5, 0.6) is 0 Å². The van der Waals surface area contributed by atoms with E-state index in [1.54, 1.807) is 0 Å². The van der Waals surface area contributed by atoms with Crippen molar-refractivity contribution in [3.05, 3.63) is 256 Å². The molecule has 0 saturated carbocycles. The Balaban J connectivity index is 1.19. The second-order valence-electron chi connectivity index (χ2n) is 18.8. The fourth-order valence-electron chi connectivity index (χ4n) is 10.4. The zero-order valence-electron chi connectivity index (χ0n) is 41.3. The molecule has 2 heterocycles. The lowest BCUT2D eigenvalue weighted by molar-refractivity contribution is 0.917. The van der Waals surface area contributed by atoms with Gasteiger partial charge in [-0.3, -0.25) is 0 Å². The molecular formula is C65H53N7. The second kappa shape index (κ2) is 19.5. The van der Waals surface area contributed by atoms with Gasteiger partial charge in [0.2, 0.25) is 11.9 Å². The normalized spacial score (nSPS) is 11.3. The lowest BCUT2D eigenvalue weighted by Gasteiger charge is -2.28. The first-order valence-electron chi connectivity index (χ1n) is 24.5. The van der Waals surface area contributed by atoms with Crippen LogP contribution in [0.1, 0.15) is 56.0 Å². The summed E-state index contributed by atoms with van der Waals surface area (Å²) in [5.41, 5.74) is 17.6. The minimum Gasteiger partial charge on any atom is -0.246 e. The Bertz CT molecular complexity index is 3590. The van der Waals surface area contributed by atoms with Gasteiger partial charge in [-0.05, 0) is 127 Å². The van der Waals surface area contributed by atoms with Crippen molar-refractivity contribution in [2.24, 2.45) is 0 Å². The van der Waals surface area contributed by atoms with Gasteiger partial charge in [0, 0.05) is 28.2 Å². The highest BCUT2D eigenvalue weighted by Crippen LogP contribution is 2.43. The Kier molecular flexibility index (Phi) is 12.3. The summed E-state index contributed by atoms with van der Waals surface area (Å²) >= 11 is 0. The van der Waals surface area contributed by atoms with Crippen molar-refractivity contribution >= 4 is 28.4 Å². The molecule has 0 saturated heterocycles. The van der Waals surface area contributed by atoms with Gasteiger partial charge in [0.15, 0.2) is 23.3 Å². The van der Waals surface area contributed by atoms with Crippen molar-refractivity contribution in [2.45, 2.75) is 47.5 Å². The number of rotatable bonds is 11. The SMILES string of the molecule is Cc1cc(C)c(C(c2ccc(N(c3nc(-c4ccccc4)nc(-c4ccccc4)n3)c3nc(-c4ccccc4)nc(-c4cc5ccccc5cc4-c4ccccc4)n3)cc2)c2c(C)cc(C)cc2C)c(C)c1. The molecule has 0 radical (unpaired) electrons. The van der Waals surface area contributed by atoms with E-state index in [1.807, 2.05) is 102 Å². The van der Waals surface area contributed by atoms with E-state index < -0.39 is 0 Å². The summed E-state index contributed by atoms with van der Waals surface area (Å²) < 4.78 is 0. The maximum absolute atomic E-state index is 5.50. The Hall–Kier alpha value is -8.94. The van der Waals surface area contributed by atoms with E-state index in [-0.39, 0.29) is 5.92 Å². The summed E-state index contributed by atoms with van der Waals surface area (Å²) in [4.78, 5) is 33.9.